The zero-order chi connectivity index (χ0) is 15.4. The quantitative estimate of drug-likeness (QED) is 0.674. The van der Waals surface area contributed by atoms with Gasteiger partial charge in [0.05, 0.1) is 6.61 Å². The SMILES string of the molecule is CCCOc1ccc(C=C2C(=O)NC(=O)N(C)C2=O)cc1. The van der Waals surface area contributed by atoms with Crippen LogP contribution in [0.3, 0.4) is 0 Å². The molecular weight excluding hydrogens is 272 g/mol. The Morgan fingerprint density at radius 3 is 2.48 bits per heavy atom. The number of nitrogens with one attached hydrogen (secondary N) is 1. The number of imide groups is 2. The molecule has 0 unspecified atom stereocenters. The fraction of sp³-hybridized carbons (Fsp3) is 0.267. The molecule has 1 aromatic rings. The largest absolute Gasteiger partial charge is 0.494 e. The Morgan fingerprint density at radius 2 is 1.86 bits per heavy atom. The fourth-order valence-electron chi connectivity index (χ4n) is 1.79. The zero-order valence-corrected chi connectivity index (χ0v) is 11.9. The van der Waals surface area contributed by atoms with Gasteiger partial charge in [-0.05, 0) is 30.2 Å². The van der Waals surface area contributed by atoms with E-state index >= 15 is 0 Å². The summed E-state index contributed by atoms with van der Waals surface area (Å²) in [6.45, 7) is 2.65. The molecular formula is C15H16N2O4. The standard InChI is InChI=1S/C15H16N2O4/c1-3-8-21-11-6-4-10(5-7-11)9-12-13(18)16-15(20)17(2)14(12)19/h4-7,9H,3,8H2,1-2H3,(H,16,18,20). The molecule has 1 aromatic carbocycles. The van der Waals surface area contributed by atoms with Gasteiger partial charge in [-0.25, -0.2) is 4.79 Å². The third-order valence-electron chi connectivity index (χ3n) is 2.97. The molecule has 0 spiro atoms. The maximum atomic E-state index is 11.9. The summed E-state index contributed by atoms with van der Waals surface area (Å²) in [7, 11) is 1.32. The third kappa shape index (κ3) is 3.28. The monoisotopic (exact) mass is 288 g/mol. The van der Waals surface area contributed by atoms with Crippen LogP contribution in [0, 0.1) is 0 Å². The minimum Gasteiger partial charge on any atom is -0.494 e. The van der Waals surface area contributed by atoms with Gasteiger partial charge in [-0.3, -0.25) is 19.8 Å². The van der Waals surface area contributed by atoms with Crippen LogP contribution in [0.5, 0.6) is 5.75 Å². The van der Waals surface area contributed by atoms with Gasteiger partial charge in [0.2, 0.25) is 0 Å². The molecule has 21 heavy (non-hydrogen) atoms. The number of barbiturate groups is 1. The lowest BCUT2D eigenvalue weighted by Crippen LogP contribution is -2.52. The number of carbonyl (C=O) groups is 3. The minimum absolute atomic E-state index is 0.0701. The van der Waals surface area contributed by atoms with Crippen LogP contribution in [0.4, 0.5) is 4.79 Å². The fourth-order valence-corrected chi connectivity index (χ4v) is 1.79. The molecule has 1 fully saturated rings. The smallest absolute Gasteiger partial charge is 0.331 e. The van der Waals surface area contributed by atoms with Crippen molar-refractivity contribution >= 4 is 23.9 Å². The average Bonchev–Trinajstić information content (AvgIpc) is 2.48. The Balaban J connectivity index is 2.20. The van der Waals surface area contributed by atoms with Crippen molar-refractivity contribution in [1.82, 2.24) is 10.2 Å². The van der Waals surface area contributed by atoms with Crippen LogP contribution in [0.1, 0.15) is 18.9 Å². The van der Waals surface area contributed by atoms with Crippen LogP contribution in [0.15, 0.2) is 29.8 Å². The van der Waals surface area contributed by atoms with Crippen molar-refractivity contribution in [3.8, 4) is 5.75 Å². The van der Waals surface area contributed by atoms with Crippen molar-refractivity contribution in [2.75, 3.05) is 13.7 Å². The van der Waals surface area contributed by atoms with E-state index in [4.69, 9.17) is 4.74 Å². The number of urea groups is 1. The molecule has 6 nitrogen and oxygen atoms in total. The first-order valence-corrected chi connectivity index (χ1v) is 6.61. The van der Waals surface area contributed by atoms with Gasteiger partial charge in [-0.1, -0.05) is 19.1 Å². The van der Waals surface area contributed by atoms with Gasteiger partial charge >= 0.3 is 6.03 Å². The van der Waals surface area contributed by atoms with Crippen molar-refractivity contribution in [3.63, 3.8) is 0 Å². The number of hydrogen-bond donors (Lipinski definition) is 1. The molecule has 0 saturated carbocycles. The Hall–Kier alpha value is -2.63. The summed E-state index contributed by atoms with van der Waals surface area (Å²) >= 11 is 0. The van der Waals surface area contributed by atoms with Crippen LogP contribution < -0.4 is 10.1 Å². The molecule has 0 bridgehead atoms. The highest BCUT2D eigenvalue weighted by atomic mass is 16.5. The number of carbonyl (C=O) groups excluding carboxylic acids is 3. The normalized spacial score (nSPS) is 17.1. The second-order valence-electron chi connectivity index (χ2n) is 4.60. The molecule has 0 radical (unpaired) electrons. The Morgan fingerprint density at radius 1 is 1.19 bits per heavy atom. The second kappa shape index (κ2) is 6.21. The lowest BCUT2D eigenvalue weighted by atomic mass is 10.1. The first-order valence-electron chi connectivity index (χ1n) is 6.61. The number of benzene rings is 1. The summed E-state index contributed by atoms with van der Waals surface area (Å²) in [6.07, 6.45) is 2.37. The lowest BCUT2D eigenvalue weighted by molar-refractivity contribution is -0.129. The van der Waals surface area contributed by atoms with E-state index in [-0.39, 0.29) is 5.57 Å². The maximum Gasteiger partial charge on any atom is 0.331 e. The molecule has 1 aliphatic rings. The number of rotatable bonds is 4. The predicted molar refractivity (Wildman–Crippen MR) is 76.5 cm³/mol. The van der Waals surface area contributed by atoms with E-state index in [1.807, 2.05) is 6.92 Å². The van der Waals surface area contributed by atoms with Crippen molar-refractivity contribution < 1.29 is 19.1 Å². The Kier molecular flexibility index (Phi) is 4.37. The van der Waals surface area contributed by atoms with E-state index in [9.17, 15) is 14.4 Å². The van der Waals surface area contributed by atoms with Gasteiger partial charge in [-0.15, -0.1) is 0 Å². The van der Waals surface area contributed by atoms with Crippen molar-refractivity contribution in [3.05, 3.63) is 35.4 Å². The summed E-state index contributed by atoms with van der Waals surface area (Å²) < 4.78 is 5.45. The van der Waals surface area contributed by atoms with Gasteiger partial charge in [0.1, 0.15) is 11.3 Å². The van der Waals surface area contributed by atoms with E-state index in [1.165, 1.54) is 13.1 Å². The minimum atomic E-state index is -0.717. The van der Waals surface area contributed by atoms with Crippen molar-refractivity contribution in [2.24, 2.45) is 0 Å². The highest BCUT2D eigenvalue weighted by Gasteiger charge is 2.32. The van der Waals surface area contributed by atoms with E-state index in [0.717, 1.165) is 17.1 Å². The van der Waals surface area contributed by atoms with E-state index in [1.54, 1.807) is 24.3 Å². The molecule has 1 N–H and O–H groups in total. The van der Waals surface area contributed by atoms with Crippen LogP contribution in [0.2, 0.25) is 0 Å². The van der Waals surface area contributed by atoms with Crippen molar-refractivity contribution in [2.45, 2.75) is 13.3 Å². The Bertz CT molecular complexity index is 605. The van der Waals surface area contributed by atoms with Crippen LogP contribution in [-0.4, -0.2) is 36.4 Å². The first kappa shape index (κ1) is 14.8. The van der Waals surface area contributed by atoms with Crippen LogP contribution in [-0.2, 0) is 9.59 Å². The van der Waals surface area contributed by atoms with Gasteiger partial charge in [0.15, 0.2) is 0 Å². The van der Waals surface area contributed by atoms with Gasteiger partial charge in [-0.2, -0.15) is 0 Å². The molecule has 4 amide bonds. The van der Waals surface area contributed by atoms with E-state index in [2.05, 4.69) is 5.32 Å². The molecule has 1 saturated heterocycles. The molecule has 1 heterocycles. The van der Waals surface area contributed by atoms with Crippen LogP contribution >= 0.6 is 0 Å². The number of ether oxygens (including phenoxy) is 1. The van der Waals surface area contributed by atoms with Gasteiger partial charge < -0.3 is 4.74 Å². The second-order valence-corrected chi connectivity index (χ2v) is 4.60. The number of amides is 4. The summed E-state index contributed by atoms with van der Waals surface area (Å²) in [4.78, 5) is 35.8. The summed E-state index contributed by atoms with van der Waals surface area (Å²) in [5.74, 6) is -0.574. The van der Waals surface area contributed by atoms with Crippen LogP contribution in [0.25, 0.3) is 6.08 Å². The molecule has 1 aliphatic heterocycles. The molecule has 0 atom stereocenters. The maximum absolute atomic E-state index is 11.9. The molecule has 2 rings (SSSR count). The number of likely N-dealkylation sites (N-methyl/N-ethyl adjacent to an activating group) is 1. The molecule has 110 valence electrons. The highest BCUT2D eigenvalue weighted by Crippen LogP contribution is 2.17. The molecule has 0 aliphatic carbocycles. The van der Waals surface area contributed by atoms with Crippen molar-refractivity contribution in [1.29, 1.82) is 0 Å². The summed E-state index contributed by atoms with van der Waals surface area (Å²) in [5, 5.41) is 2.10. The number of nitrogens with zero attached hydrogens (tertiary/aromatic N) is 1. The van der Waals surface area contributed by atoms with E-state index < -0.39 is 17.8 Å². The number of hydrogen-bond acceptors (Lipinski definition) is 4. The van der Waals surface area contributed by atoms with Gasteiger partial charge in [0, 0.05) is 7.05 Å². The molecule has 0 aromatic heterocycles. The topological polar surface area (TPSA) is 75.7 Å². The third-order valence-corrected chi connectivity index (χ3v) is 2.97. The zero-order valence-electron chi connectivity index (χ0n) is 11.9. The average molecular weight is 288 g/mol. The predicted octanol–water partition coefficient (Wildman–Crippen LogP) is 1.57. The Labute approximate surface area is 122 Å². The van der Waals surface area contributed by atoms with Gasteiger partial charge in [0.25, 0.3) is 11.8 Å². The highest BCUT2D eigenvalue weighted by molar-refractivity contribution is 6.30. The first-order chi connectivity index (χ1) is 10.0. The molecule has 6 heteroatoms. The van der Waals surface area contributed by atoms with E-state index in [0.29, 0.717) is 12.2 Å². The summed E-state index contributed by atoms with van der Waals surface area (Å²) in [6, 6.07) is 6.30. The summed E-state index contributed by atoms with van der Waals surface area (Å²) in [5.41, 5.74) is 0.611. The lowest BCUT2D eigenvalue weighted by Gasteiger charge is -2.22.